The van der Waals surface area contributed by atoms with Crippen LogP contribution in [-0.2, 0) is 9.59 Å². The second-order valence-corrected chi connectivity index (χ2v) is 8.29. The minimum atomic E-state index is -0.745. The van der Waals surface area contributed by atoms with Gasteiger partial charge in [-0.1, -0.05) is 12.8 Å². The summed E-state index contributed by atoms with van der Waals surface area (Å²) in [7, 11) is 3.37. The molecule has 5 amide bonds. The smallest absolute Gasteiger partial charge is 0.325 e. The number of anilines is 1. The number of hydrogen-bond donors (Lipinski definition) is 2. The minimum absolute atomic E-state index is 0.0326. The van der Waals surface area contributed by atoms with E-state index in [4.69, 9.17) is 0 Å². The molecule has 0 radical (unpaired) electrons. The largest absolute Gasteiger partial charge is 0.339 e. The Bertz CT molecular complexity index is 788. The molecule has 1 aromatic carbocycles. The average Bonchev–Trinajstić information content (AvgIpc) is 3.21. The van der Waals surface area contributed by atoms with Crippen LogP contribution in [0.5, 0.6) is 0 Å². The van der Waals surface area contributed by atoms with Crippen molar-refractivity contribution in [1.29, 1.82) is 0 Å². The molecule has 8 nitrogen and oxygen atoms in total. The van der Waals surface area contributed by atoms with Crippen LogP contribution in [0.15, 0.2) is 29.2 Å². The topological polar surface area (TPSA) is 98.8 Å². The Balaban J connectivity index is 1.50. The minimum Gasteiger partial charge on any atom is -0.339 e. The number of nitrogens with zero attached hydrogens (tertiary/aromatic N) is 2. The van der Waals surface area contributed by atoms with E-state index in [1.54, 1.807) is 38.4 Å². The fourth-order valence-electron chi connectivity index (χ4n) is 3.43. The summed E-state index contributed by atoms with van der Waals surface area (Å²) >= 11 is 1.10. The second kappa shape index (κ2) is 8.22. The molecule has 0 aromatic heterocycles. The molecule has 0 unspecified atom stereocenters. The molecular weight excluding hydrogens is 380 g/mol. The zero-order valence-electron chi connectivity index (χ0n) is 16.0. The van der Waals surface area contributed by atoms with Crippen LogP contribution in [-0.4, -0.2) is 59.1 Å². The quantitative estimate of drug-likeness (QED) is 0.581. The summed E-state index contributed by atoms with van der Waals surface area (Å²) in [5, 5.41) is 5.47. The Morgan fingerprint density at radius 3 is 2.43 bits per heavy atom. The van der Waals surface area contributed by atoms with Crippen molar-refractivity contribution in [1.82, 2.24) is 15.1 Å². The predicted octanol–water partition coefficient (Wildman–Crippen LogP) is 2.65. The molecule has 150 valence electrons. The van der Waals surface area contributed by atoms with Crippen LogP contribution in [0.4, 0.5) is 15.3 Å². The van der Waals surface area contributed by atoms with Crippen molar-refractivity contribution >= 4 is 40.5 Å². The number of carbonyl (C=O) groups excluding carboxylic acids is 4. The molecule has 1 aliphatic heterocycles. The van der Waals surface area contributed by atoms with Crippen LogP contribution in [0.25, 0.3) is 0 Å². The molecule has 9 heteroatoms. The highest BCUT2D eigenvalue weighted by Crippen LogP contribution is 2.35. The van der Waals surface area contributed by atoms with Gasteiger partial charge in [-0.3, -0.25) is 19.3 Å². The maximum atomic E-state index is 12.6. The van der Waals surface area contributed by atoms with E-state index in [0.717, 1.165) is 34.4 Å². The Morgan fingerprint density at radius 1 is 1.18 bits per heavy atom. The van der Waals surface area contributed by atoms with Crippen molar-refractivity contribution < 1.29 is 19.2 Å². The molecule has 1 spiro atoms. The van der Waals surface area contributed by atoms with Gasteiger partial charge in [0, 0.05) is 37.6 Å². The summed E-state index contributed by atoms with van der Waals surface area (Å²) in [5.41, 5.74) is -0.151. The Kier molecular flexibility index (Phi) is 5.93. The number of hydrogen-bond acceptors (Lipinski definition) is 5. The number of amides is 5. The highest BCUT2D eigenvalue weighted by atomic mass is 32.2. The van der Waals surface area contributed by atoms with Crippen LogP contribution < -0.4 is 10.6 Å². The summed E-state index contributed by atoms with van der Waals surface area (Å²) < 4.78 is 0. The molecule has 1 saturated heterocycles. The van der Waals surface area contributed by atoms with Gasteiger partial charge in [0.25, 0.3) is 11.1 Å². The van der Waals surface area contributed by atoms with Crippen molar-refractivity contribution in [2.75, 3.05) is 26.0 Å². The zero-order valence-corrected chi connectivity index (χ0v) is 16.8. The summed E-state index contributed by atoms with van der Waals surface area (Å²) in [6, 6.07) is 6.52. The Morgan fingerprint density at radius 2 is 1.82 bits per heavy atom. The van der Waals surface area contributed by atoms with Gasteiger partial charge in [-0.05, 0) is 48.9 Å². The SMILES string of the molecule is CN(C)C(=O)Sc1ccc(NC(=O)CCN2C(=O)NC3(CCCC3)C2=O)cc1. The lowest BCUT2D eigenvalue weighted by atomic mass is 9.98. The fourth-order valence-corrected chi connectivity index (χ4v) is 4.09. The number of benzene rings is 1. The van der Waals surface area contributed by atoms with Gasteiger partial charge < -0.3 is 15.5 Å². The lowest BCUT2D eigenvalue weighted by molar-refractivity contribution is -0.131. The summed E-state index contributed by atoms with van der Waals surface area (Å²) in [5.74, 6) is -0.493. The summed E-state index contributed by atoms with van der Waals surface area (Å²) in [4.78, 5) is 52.0. The molecule has 2 fully saturated rings. The van der Waals surface area contributed by atoms with E-state index < -0.39 is 11.6 Å². The first-order valence-electron chi connectivity index (χ1n) is 9.24. The van der Waals surface area contributed by atoms with E-state index in [-0.39, 0.29) is 30.0 Å². The molecule has 2 N–H and O–H groups in total. The Hall–Kier alpha value is -2.55. The fraction of sp³-hybridized carbons (Fsp3) is 0.474. The number of rotatable bonds is 5. The van der Waals surface area contributed by atoms with Gasteiger partial charge in [0.2, 0.25) is 5.91 Å². The lowest BCUT2D eigenvalue weighted by Crippen LogP contribution is -2.44. The highest BCUT2D eigenvalue weighted by molar-refractivity contribution is 8.13. The molecular formula is C19H24N4O4S. The molecule has 1 aromatic rings. The molecule has 3 rings (SSSR count). The van der Waals surface area contributed by atoms with Crippen molar-refractivity contribution in [2.45, 2.75) is 42.5 Å². The van der Waals surface area contributed by atoms with E-state index in [0.29, 0.717) is 18.5 Å². The first-order chi connectivity index (χ1) is 13.3. The lowest BCUT2D eigenvalue weighted by Gasteiger charge is -2.19. The number of thioether (sulfide) groups is 1. The molecule has 1 saturated carbocycles. The summed E-state index contributed by atoms with van der Waals surface area (Å²) in [6.45, 7) is 0.0590. The van der Waals surface area contributed by atoms with Crippen molar-refractivity contribution in [3.63, 3.8) is 0 Å². The van der Waals surface area contributed by atoms with E-state index in [2.05, 4.69) is 10.6 Å². The highest BCUT2D eigenvalue weighted by Gasteiger charge is 2.52. The van der Waals surface area contributed by atoms with E-state index in [1.807, 2.05) is 0 Å². The monoisotopic (exact) mass is 404 g/mol. The van der Waals surface area contributed by atoms with Crippen LogP contribution in [0.1, 0.15) is 32.1 Å². The molecule has 1 aliphatic carbocycles. The third kappa shape index (κ3) is 4.30. The number of imide groups is 1. The van der Waals surface area contributed by atoms with Gasteiger partial charge in [0.05, 0.1) is 0 Å². The van der Waals surface area contributed by atoms with Crippen molar-refractivity contribution in [3.8, 4) is 0 Å². The molecule has 28 heavy (non-hydrogen) atoms. The van der Waals surface area contributed by atoms with Gasteiger partial charge >= 0.3 is 6.03 Å². The van der Waals surface area contributed by atoms with Crippen molar-refractivity contribution in [3.05, 3.63) is 24.3 Å². The third-order valence-electron chi connectivity index (χ3n) is 4.97. The van der Waals surface area contributed by atoms with Gasteiger partial charge in [-0.2, -0.15) is 0 Å². The number of carbonyl (C=O) groups is 4. The van der Waals surface area contributed by atoms with Crippen LogP contribution in [0.3, 0.4) is 0 Å². The maximum Gasteiger partial charge on any atom is 0.325 e. The average molecular weight is 404 g/mol. The van der Waals surface area contributed by atoms with E-state index in [9.17, 15) is 19.2 Å². The van der Waals surface area contributed by atoms with Crippen molar-refractivity contribution in [2.24, 2.45) is 0 Å². The molecule has 2 aliphatic rings. The maximum absolute atomic E-state index is 12.6. The van der Waals surface area contributed by atoms with E-state index >= 15 is 0 Å². The summed E-state index contributed by atoms with van der Waals surface area (Å²) in [6.07, 6.45) is 3.22. The Labute approximate surface area is 168 Å². The third-order valence-corrected chi connectivity index (χ3v) is 6.02. The van der Waals surface area contributed by atoms with Gasteiger partial charge in [-0.15, -0.1) is 0 Å². The normalized spacial score (nSPS) is 17.7. The van der Waals surface area contributed by atoms with Crippen LogP contribution in [0, 0.1) is 0 Å². The zero-order chi connectivity index (χ0) is 20.3. The second-order valence-electron chi connectivity index (χ2n) is 7.26. The van der Waals surface area contributed by atoms with Gasteiger partial charge in [0.1, 0.15) is 5.54 Å². The molecule has 0 bridgehead atoms. The first kappa shape index (κ1) is 20.2. The number of urea groups is 1. The molecule has 0 atom stereocenters. The first-order valence-corrected chi connectivity index (χ1v) is 10.1. The van der Waals surface area contributed by atoms with Crippen LogP contribution >= 0.6 is 11.8 Å². The van der Waals surface area contributed by atoms with Crippen LogP contribution in [0.2, 0.25) is 0 Å². The van der Waals surface area contributed by atoms with Gasteiger partial charge in [0.15, 0.2) is 0 Å². The molecule has 1 heterocycles. The van der Waals surface area contributed by atoms with E-state index in [1.165, 1.54) is 4.90 Å². The number of nitrogens with one attached hydrogen (secondary N) is 2. The standard InChI is InChI=1S/C19H24N4O4S/c1-22(2)18(27)28-14-7-5-13(6-8-14)20-15(24)9-12-23-16(25)19(21-17(23)26)10-3-4-11-19/h5-8H,3-4,9-12H2,1-2H3,(H,20,24)(H,21,26). The predicted molar refractivity (Wildman–Crippen MR) is 106 cm³/mol. The van der Waals surface area contributed by atoms with Gasteiger partial charge in [-0.25, -0.2) is 4.79 Å².